The summed E-state index contributed by atoms with van der Waals surface area (Å²) in [4.78, 5) is 2.27. The molecule has 0 N–H and O–H groups in total. The standard InChI is InChI=1S/C12H23F2N/c1-3-5-11(6-4-2)15-9-7-12(13,14)8-10-15/h11H,3-10H2,1-2H3. The van der Waals surface area contributed by atoms with Crippen molar-refractivity contribution in [3.8, 4) is 0 Å². The molecule has 0 aromatic heterocycles. The lowest BCUT2D eigenvalue weighted by molar-refractivity contribution is -0.0642. The maximum Gasteiger partial charge on any atom is 0.250 e. The summed E-state index contributed by atoms with van der Waals surface area (Å²) in [6.07, 6.45) is 4.71. The molecule has 1 aliphatic rings. The summed E-state index contributed by atoms with van der Waals surface area (Å²) in [5, 5.41) is 0. The van der Waals surface area contributed by atoms with Crippen LogP contribution in [0.5, 0.6) is 0 Å². The van der Waals surface area contributed by atoms with E-state index in [-0.39, 0.29) is 12.8 Å². The summed E-state index contributed by atoms with van der Waals surface area (Å²) in [6, 6.07) is 0.538. The van der Waals surface area contributed by atoms with E-state index in [0.29, 0.717) is 19.1 Å². The van der Waals surface area contributed by atoms with E-state index in [1.165, 1.54) is 0 Å². The number of likely N-dealkylation sites (tertiary alicyclic amines) is 1. The first-order valence-corrected chi connectivity index (χ1v) is 6.21. The van der Waals surface area contributed by atoms with Crippen LogP contribution in [-0.2, 0) is 0 Å². The molecule has 0 aromatic rings. The van der Waals surface area contributed by atoms with E-state index in [9.17, 15) is 8.78 Å². The van der Waals surface area contributed by atoms with Crippen molar-refractivity contribution in [2.45, 2.75) is 64.3 Å². The number of alkyl halides is 2. The van der Waals surface area contributed by atoms with Gasteiger partial charge in [0.05, 0.1) is 0 Å². The Morgan fingerprint density at radius 1 is 1.07 bits per heavy atom. The summed E-state index contributed by atoms with van der Waals surface area (Å²) in [5.41, 5.74) is 0. The van der Waals surface area contributed by atoms with Crippen molar-refractivity contribution < 1.29 is 8.78 Å². The van der Waals surface area contributed by atoms with Crippen LogP contribution in [0.3, 0.4) is 0 Å². The van der Waals surface area contributed by atoms with E-state index in [1.807, 2.05) is 0 Å². The third-order valence-electron chi connectivity index (χ3n) is 3.29. The molecular weight excluding hydrogens is 196 g/mol. The molecule has 1 fully saturated rings. The normalized spacial score (nSPS) is 22.2. The predicted octanol–water partition coefficient (Wildman–Crippen LogP) is 3.69. The predicted molar refractivity (Wildman–Crippen MR) is 59.4 cm³/mol. The van der Waals surface area contributed by atoms with Gasteiger partial charge in [-0.2, -0.15) is 0 Å². The molecule has 0 aromatic carbocycles. The second-order valence-corrected chi connectivity index (χ2v) is 4.62. The number of hydrogen-bond donors (Lipinski definition) is 0. The highest BCUT2D eigenvalue weighted by molar-refractivity contribution is 4.81. The molecule has 90 valence electrons. The Morgan fingerprint density at radius 3 is 1.93 bits per heavy atom. The maximum absolute atomic E-state index is 13.0. The van der Waals surface area contributed by atoms with Crippen molar-refractivity contribution in [2.24, 2.45) is 0 Å². The second-order valence-electron chi connectivity index (χ2n) is 4.62. The average molecular weight is 219 g/mol. The Kier molecular flexibility index (Phi) is 4.97. The lowest BCUT2D eigenvalue weighted by Crippen LogP contribution is -2.44. The Balaban J connectivity index is 2.41. The van der Waals surface area contributed by atoms with Crippen LogP contribution in [0.2, 0.25) is 0 Å². The van der Waals surface area contributed by atoms with Gasteiger partial charge in [0, 0.05) is 32.0 Å². The molecule has 1 nitrogen and oxygen atoms in total. The molecular formula is C12H23F2N. The van der Waals surface area contributed by atoms with Gasteiger partial charge < -0.3 is 0 Å². The molecule has 1 aliphatic heterocycles. The van der Waals surface area contributed by atoms with Gasteiger partial charge in [0.2, 0.25) is 0 Å². The minimum absolute atomic E-state index is 0.0525. The largest absolute Gasteiger partial charge is 0.300 e. The molecule has 1 rings (SSSR count). The van der Waals surface area contributed by atoms with Crippen LogP contribution in [0.25, 0.3) is 0 Å². The van der Waals surface area contributed by atoms with Crippen molar-refractivity contribution in [1.29, 1.82) is 0 Å². The number of rotatable bonds is 5. The monoisotopic (exact) mass is 219 g/mol. The van der Waals surface area contributed by atoms with Crippen LogP contribution >= 0.6 is 0 Å². The fourth-order valence-electron chi connectivity index (χ4n) is 2.39. The van der Waals surface area contributed by atoms with Gasteiger partial charge in [-0.15, -0.1) is 0 Å². The van der Waals surface area contributed by atoms with Crippen LogP contribution in [0.4, 0.5) is 8.78 Å². The number of halogens is 2. The van der Waals surface area contributed by atoms with Crippen molar-refractivity contribution >= 4 is 0 Å². The first-order valence-electron chi connectivity index (χ1n) is 6.21. The Morgan fingerprint density at radius 2 is 1.53 bits per heavy atom. The summed E-state index contributed by atoms with van der Waals surface area (Å²) >= 11 is 0. The Labute approximate surface area is 91.8 Å². The molecule has 0 amide bonds. The van der Waals surface area contributed by atoms with Gasteiger partial charge in [0.25, 0.3) is 5.92 Å². The van der Waals surface area contributed by atoms with Crippen LogP contribution < -0.4 is 0 Å². The number of piperidine rings is 1. The van der Waals surface area contributed by atoms with Gasteiger partial charge in [-0.3, -0.25) is 4.90 Å². The molecule has 3 heteroatoms. The zero-order chi connectivity index (χ0) is 11.3. The molecule has 0 saturated carbocycles. The maximum atomic E-state index is 13.0. The third-order valence-corrected chi connectivity index (χ3v) is 3.29. The van der Waals surface area contributed by atoms with E-state index in [1.54, 1.807) is 0 Å². The molecule has 0 radical (unpaired) electrons. The zero-order valence-corrected chi connectivity index (χ0v) is 9.94. The van der Waals surface area contributed by atoms with Gasteiger partial charge in [-0.1, -0.05) is 26.7 Å². The van der Waals surface area contributed by atoms with E-state index < -0.39 is 5.92 Å². The third kappa shape index (κ3) is 4.06. The fourth-order valence-corrected chi connectivity index (χ4v) is 2.39. The summed E-state index contributed by atoms with van der Waals surface area (Å²) in [6.45, 7) is 5.50. The van der Waals surface area contributed by atoms with Gasteiger partial charge in [0.1, 0.15) is 0 Å². The van der Waals surface area contributed by atoms with Gasteiger partial charge >= 0.3 is 0 Å². The second kappa shape index (κ2) is 5.78. The number of nitrogens with zero attached hydrogens (tertiary/aromatic N) is 1. The smallest absolute Gasteiger partial charge is 0.250 e. The van der Waals surface area contributed by atoms with Crippen molar-refractivity contribution in [3.63, 3.8) is 0 Å². The quantitative estimate of drug-likeness (QED) is 0.681. The van der Waals surface area contributed by atoms with Crippen LogP contribution in [0, 0.1) is 0 Å². The molecule has 1 saturated heterocycles. The minimum atomic E-state index is -2.40. The van der Waals surface area contributed by atoms with E-state index in [4.69, 9.17) is 0 Å². The first-order chi connectivity index (χ1) is 7.09. The highest BCUT2D eigenvalue weighted by Gasteiger charge is 2.35. The molecule has 0 bridgehead atoms. The first kappa shape index (κ1) is 12.9. The Bertz CT molecular complexity index is 166. The van der Waals surface area contributed by atoms with Gasteiger partial charge in [-0.05, 0) is 12.8 Å². The Hall–Kier alpha value is -0.180. The van der Waals surface area contributed by atoms with Crippen LogP contribution in [0.1, 0.15) is 52.4 Å². The van der Waals surface area contributed by atoms with Gasteiger partial charge in [0.15, 0.2) is 0 Å². The molecule has 1 heterocycles. The summed E-state index contributed by atoms with van der Waals surface area (Å²) in [5.74, 6) is -2.40. The molecule has 0 aliphatic carbocycles. The fraction of sp³-hybridized carbons (Fsp3) is 1.00. The van der Waals surface area contributed by atoms with E-state index >= 15 is 0 Å². The summed E-state index contributed by atoms with van der Waals surface area (Å²) < 4.78 is 26.0. The van der Waals surface area contributed by atoms with Crippen LogP contribution in [0.15, 0.2) is 0 Å². The topological polar surface area (TPSA) is 3.24 Å². The van der Waals surface area contributed by atoms with Crippen molar-refractivity contribution in [1.82, 2.24) is 4.90 Å². The van der Waals surface area contributed by atoms with Gasteiger partial charge in [-0.25, -0.2) is 8.78 Å². The summed E-state index contributed by atoms with van der Waals surface area (Å²) in [7, 11) is 0. The van der Waals surface area contributed by atoms with E-state index in [0.717, 1.165) is 25.7 Å². The molecule has 0 unspecified atom stereocenters. The number of hydrogen-bond acceptors (Lipinski definition) is 1. The zero-order valence-electron chi connectivity index (χ0n) is 9.94. The highest BCUT2D eigenvalue weighted by Crippen LogP contribution is 2.30. The van der Waals surface area contributed by atoms with E-state index in [2.05, 4.69) is 18.7 Å². The van der Waals surface area contributed by atoms with Crippen LogP contribution in [-0.4, -0.2) is 30.0 Å². The van der Waals surface area contributed by atoms with Crippen molar-refractivity contribution in [3.05, 3.63) is 0 Å². The lowest BCUT2D eigenvalue weighted by Gasteiger charge is -2.37. The molecule has 0 atom stereocenters. The molecule has 0 spiro atoms. The minimum Gasteiger partial charge on any atom is -0.300 e. The van der Waals surface area contributed by atoms with Crippen molar-refractivity contribution in [2.75, 3.05) is 13.1 Å². The molecule has 15 heavy (non-hydrogen) atoms. The highest BCUT2D eigenvalue weighted by atomic mass is 19.3. The average Bonchev–Trinajstić information content (AvgIpc) is 2.18. The SMILES string of the molecule is CCCC(CCC)N1CCC(F)(F)CC1. The lowest BCUT2D eigenvalue weighted by atomic mass is 9.99.